The van der Waals surface area contributed by atoms with E-state index in [1.54, 1.807) is 0 Å². The summed E-state index contributed by atoms with van der Waals surface area (Å²) in [6.45, 7) is 6.20. The first-order valence-corrected chi connectivity index (χ1v) is 10.0. The number of nitrogens with one attached hydrogen (secondary N) is 1. The molecular weight excluding hydrogens is 367 g/mol. The first-order valence-electron chi connectivity index (χ1n) is 8.11. The lowest BCUT2D eigenvalue weighted by Gasteiger charge is -2.24. The molecule has 2 aliphatic rings. The molecule has 3 rings (SSSR count). The highest BCUT2D eigenvalue weighted by atomic mass is 35.5. The van der Waals surface area contributed by atoms with Gasteiger partial charge in [-0.15, -0.1) is 24.8 Å². The summed E-state index contributed by atoms with van der Waals surface area (Å²) in [5.74, 6) is 0.867. The summed E-state index contributed by atoms with van der Waals surface area (Å²) in [4.78, 5) is 2.49. The SMILES string of the molecule is CC(C)[C@H]1CN(C2Cc3ccccc3C2)C[C@@H]1NS(C)(=O)=O.Cl.Cl. The second kappa shape index (κ2) is 8.37. The van der Waals surface area contributed by atoms with Gasteiger partial charge in [0.1, 0.15) is 0 Å². The van der Waals surface area contributed by atoms with Gasteiger partial charge >= 0.3 is 0 Å². The summed E-state index contributed by atoms with van der Waals surface area (Å²) >= 11 is 0. The van der Waals surface area contributed by atoms with Crippen molar-refractivity contribution >= 4 is 34.8 Å². The van der Waals surface area contributed by atoms with Crippen molar-refractivity contribution in [2.75, 3.05) is 19.3 Å². The monoisotopic (exact) mass is 394 g/mol. The summed E-state index contributed by atoms with van der Waals surface area (Å²) in [5, 5.41) is 0. The molecule has 0 saturated carbocycles. The predicted molar refractivity (Wildman–Crippen MR) is 104 cm³/mol. The van der Waals surface area contributed by atoms with Crippen LogP contribution in [-0.2, 0) is 22.9 Å². The van der Waals surface area contributed by atoms with E-state index in [1.807, 2.05) is 0 Å². The molecule has 24 heavy (non-hydrogen) atoms. The minimum atomic E-state index is -3.15. The van der Waals surface area contributed by atoms with Crippen LogP contribution in [0, 0.1) is 11.8 Å². The topological polar surface area (TPSA) is 49.4 Å². The molecule has 0 radical (unpaired) electrons. The zero-order valence-electron chi connectivity index (χ0n) is 14.4. The molecule has 7 heteroatoms. The van der Waals surface area contributed by atoms with Crippen LogP contribution in [0.2, 0.25) is 0 Å². The molecular formula is C17H28Cl2N2O2S. The van der Waals surface area contributed by atoms with Crippen LogP contribution >= 0.6 is 24.8 Å². The number of rotatable bonds is 4. The second-order valence-corrected chi connectivity index (χ2v) is 8.97. The van der Waals surface area contributed by atoms with Crippen LogP contribution in [0.3, 0.4) is 0 Å². The Kier molecular flexibility index (Phi) is 7.57. The summed E-state index contributed by atoms with van der Waals surface area (Å²) < 4.78 is 26.1. The molecule has 1 aliphatic heterocycles. The Morgan fingerprint density at radius 3 is 2.08 bits per heavy atom. The van der Waals surface area contributed by atoms with E-state index in [0.717, 1.165) is 25.9 Å². The lowest BCUT2D eigenvalue weighted by Crippen LogP contribution is -2.42. The van der Waals surface area contributed by atoms with Gasteiger partial charge in [0, 0.05) is 25.2 Å². The van der Waals surface area contributed by atoms with Gasteiger partial charge in [-0.1, -0.05) is 38.1 Å². The number of hydrogen-bond donors (Lipinski definition) is 1. The lowest BCUT2D eigenvalue weighted by molar-refractivity contribution is 0.231. The maximum absolute atomic E-state index is 11.6. The van der Waals surface area contributed by atoms with Crippen molar-refractivity contribution < 1.29 is 8.42 Å². The molecule has 0 unspecified atom stereocenters. The van der Waals surface area contributed by atoms with E-state index in [0.29, 0.717) is 17.9 Å². The smallest absolute Gasteiger partial charge is 0.209 e. The van der Waals surface area contributed by atoms with Gasteiger partial charge in [0.25, 0.3) is 0 Å². The van der Waals surface area contributed by atoms with E-state index >= 15 is 0 Å². The largest absolute Gasteiger partial charge is 0.298 e. The molecule has 1 aliphatic carbocycles. The van der Waals surface area contributed by atoms with Crippen LogP contribution < -0.4 is 4.72 Å². The predicted octanol–water partition coefficient (Wildman–Crippen LogP) is 2.50. The van der Waals surface area contributed by atoms with Crippen LogP contribution in [0.5, 0.6) is 0 Å². The summed E-state index contributed by atoms with van der Waals surface area (Å²) in [6, 6.07) is 9.21. The molecule has 4 nitrogen and oxygen atoms in total. The minimum absolute atomic E-state index is 0. The Balaban J connectivity index is 0.00000144. The van der Waals surface area contributed by atoms with Gasteiger partial charge < -0.3 is 0 Å². The van der Waals surface area contributed by atoms with E-state index in [1.165, 1.54) is 17.4 Å². The van der Waals surface area contributed by atoms with Crippen molar-refractivity contribution in [1.29, 1.82) is 0 Å². The third kappa shape index (κ3) is 4.85. The van der Waals surface area contributed by atoms with E-state index in [2.05, 4.69) is 47.7 Å². The molecule has 0 spiro atoms. The Hall–Kier alpha value is -0.330. The fraction of sp³-hybridized carbons (Fsp3) is 0.647. The van der Waals surface area contributed by atoms with Crippen molar-refractivity contribution in [2.45, 2.75) is 38.8 Å². The molecule has 0 bridgehead atoms. The van der Waals surface area contributed by atoms with Gasteiger partial charge in [-0.05, 0) is 35.8 Å². The minimum Gasteiger partial charge on any atom is -0.298 e. The number of nitrogens with zero attached hydrogens (tertiary/aromatic N) is 1. The van der Waals surface area contributed by atoms with Gasteiger partial charge in [0.05, 0.1) is 6.26 Å². The first-order chi connectivity index (χ1) is 10.3. The fourth-order valence-corrected chi connectivity index (χ4v) is 4.83. The van der Waals surface area contributed by atoms with Crippen LogP contribution in [0.15, 0.2) is 24.3 Å². The molecule has 1 heterocycles. The van der Waals surface area contributed by atoms with Crippen molar-refractivity contribution in [2.24, 2.45) is 11.8 Å². The third-order valence-electron chi connectivity index (χ3n) is 5.16. The molecule has 2 atom stereocenters. The van der Waals surface area contributed by atoms with Crippen molar-refractivity contribution in [1.82, 2.24) is 9.62 Å². The van der Waals surface area contributed by atoms with Crippen molar-refractivity contribution in [3.05, 3.63) is 35.4 Å². The molecule has 138 valence electrons. The third-order valence-corrected chi connectivity index (χ3v) is 5.89. The van der Waals surface area contributed by atoms with Crippen LogP contribution in [0.1, 0.15) is 25.0 Å². The van der Waals surface area contributed by atoms with Crippen LogP contribution in [0.4, 0.5) is 0 Å². The summed E-state index contributed by atoms with van der Waals surface area (Å²) in [7, 11) is -3.15. The van der Waals surface area contributed by atoms with E-state index in [4.69, 9.17) is 0 Å². The molecule has 1 N–H and O–H groups in total. The average Bonchev–Trinajstić information content (AvgIpc) is 2.99. The van der Waals surface area contributed by atoms with Gasteiger partial charge in [0.2, 0.25) is 10.0 Å². The standard InChI is InChI=1S/C17H26N2O2S.2ClH/c1-12(2)16-10-19(11-17(16)18-22(3,20)21)15-8-13-6-4-5-7-14(13)9-15;;/h4-7,12,15-18H,8-11H2,1-3H3;2*1H/t16-,17+;;/m1../s1. The zero-order valence-corrected chi connectivity index (χ0v) is 16.9. The quantitative estimate of drug-likeness (QED) is 0.852. The van der Waals surface area contributed by atoms with Gasteiger partial charge in [-0.3, -0.25) is 4.90 Å². The zero-order chi connectivity index (χ0) is 15.9. The number of hydrogen-bond acceptors (Lipinski definition) is 3. The molecule has 0 amide bonds. The number of fused-ring (bicyclic) bond motifs is 1. The Labute approximate surface area is 158 Å². The fourth-order valence-electron chi connectivity index (χ4n) is 4.03. The van der Waals surface area contributed by atoms with Crippen molar-refractivity contribution in [3.8, 4) is 0 Å². The Morgan fingerprint density at radius 2 is 1.62 bits per heavy atom. The maximum Gasteiger partial charge on any atom is 0.209 e. The molecule has 1 aromatic carbocycles. The Bertz CT molecular complexity index is 627. The normalized spacial score (nSPS) is 24.5. The van der Waals surface area contributed by atoms with Gasteiger partial charge in [-0.2, -0.15) is 0 Å². The van der Waals surface area contributed by atoms with Gasteiger partial charge in [0.15, 0.2) is 0 Å². The summed E-state index contributed by atoms with van der Waals surface area (Å²) in [5.41, 5.74) is 2.90. The molecule has 0 aromatic heterocycles. The highest BCUT2D eigenvalue weighted by Gasteiger charge is 2.40. The number of likely N-dealkylation sites (tertiary alicyclic amines) is 1. The Morgan fingerprint density at radius 1 is 1.08 bits per heavy atom. The van der Waals surface area contributed by atoms with E-state index < -0.39 is 10.0 Å². The average molecular weight is 395 g/mol. The second-order valence-electron chi connectivity index (χ2n) is 7.19. The van der Waals surface area contributed by atoms with E-state index in [9.17, 15) is 8.42 Å². The highest BCUT2D eigenvalue weighted by Crippen LogP contribution is 2.32. The van der Waals surface area contributed by atoms with Gasteiger partial charge in [-0.25, -0.2) is 13.1 Å². The highest BCUT2D eigenvalue weighted by molar-refractivity contribution is 7.88. The number of benzene rings is 1. The van der Waals surface area contributed by atoms with Crippen LogP contribution in [0.25, 0.3) is 0 Å². The molecule has 1 fully saturated rings. The van der Waals surface area contributed by atoms with Crippen LogP contribution in [-0.4, -0.2) is 44.7 Å². The molecule has 1 aromatic rings. The van der Waals surface area contributed by atoms with Crippen molar-refractivity contribution in [3.63, 3.8) is 0 Å². The number of halogens is 2. The first kappa shape index (κ1) is 21.7. The molecule has 1 saturated heterocycles. The summed E-state index contributed by atoms with van der Waals surface area (Å²) in [6.07, 6.45) is 3.44. The maximum atomic E-state index is 11.6. The number of sulfonamides is 1. The lowest BCUT2D eigenvalue weighted by atomic mass is 9.92. The van der Waals surface area contributed by atoms with E-state index in [-0.39, 0.29) is 30.9 Å².